The van der Waals surface area contributed by atoms with Gasteiger partial charge >= 0.3 is 0 Å². The summed E-state index contributed by atoms with van der Waals surface area (Å²) in [7, 11) is 0. The smallest absolute Gasteiger partial charge is 0.174 e. The third-order valence-corrected chi connectivity index (χ3v) is 2.24. The van der Waals surface area contributed by atoms with Crippen molar-refractivity contribution in [3.05, 3.63) is 35.9 Å². The Bertz CT molecular complexity index is 516. The zero-order chi connectivity index (χ0) is 11.4. The molecule has 0 aliphatic rings. The minimum atomic E-state index is 0. The van der Waals surface area contributed by atoms with Gasteiger partial charge in [-0.1, -0.05) is 17.5 Å². The number of nitrogens with one attached hydrogen (secondary N) is 1. The molecule has 4 nitrogen and oxygen atoms in total. The molecule has 0 saturated carbocycles. The summed E-state index contributed by atoms with van der Waals surface area (Å²) < 4.78 is 1.65. The van der Waals surface area contributed by atoms with Crippen molar-refractivity contribution in [3.8, 4) is 18.0 Å². The number of rotatable bonds is 3. The first-order chi connectivity index (χ1) is 7.81. The zero-order valence-corrected chi connectivity index (χ0v) is 10.4. The first-order valence-corrected chi connectivity index (χ1v) is 5.02. The van der Waals surface area contributed by atoms with Gasteiger partial charge in [0.05, 0.1) is 30.3 Å². The highest BCUT2D eigenvalue weighted by molar-refractivity contribution is 6.32. The van der Waals surface area contributed by atoms with Crippen LogP contribution in [0.25, 0.3) is 5.69 Å². The summed E-state index contributed by atoms with van der Waals surface area (Å²) in [5.41, 5.74) is 1.56. The molecule has 0 saturated heterocycles. The predicted molar refractivity (Wildman–Crippen MR) is 70.9 cm³/mol. The number of aromatic nitrogens is 3. The van der Waals surface area contributed by atoms with Crippen molar-refractivity contribution in [2.24, 2.45) is 0 Å². The van der Waals surface area contributed by atoms with E-state index in [2.05, 4.69) is 21.3 Å². The van der Waals surface area contributed by atoms with Gasteiger partial charge in [0, 0.05) is 6.20 Å². The van der Waals surface area contributed by atoms with Crippen LogP contribution in [0.2, 0.25) is 5.15 Å². The van der Waals surface area contributed by atoms with Crippen molar-refractivity contribution in [1.29, 1.82) is 0 Å². The summed E-state index contributed by atoms with van der Waals surface area (Å²) in [5, 5.41) is 7.51. The molecule has 0 aliphatic heterocycles. The van der Waals surface area contributed by atoms with Gasteiger partial charge in [-0.05, 0) is 12.1 Å². The van der Waals surface area contributed by atoms with E-state index >= 15 is 0 Å². The minimum absolute atomic E-state index is 0. The van der Waals surface area contributed by atoms with E-state index in [-0.39, 0.29) is 12.4 Å². The highest BCUT2D eigenvalue weighted by atomic mass is 35.5. The Balaban J connectivity index is 0.00000144. The third-order valence-electron chi connectivity index (χ3n) is 1.96. The molecule has 2 heterocycles. The standard InChI is InChI=1S/C11H9ClN4.ClH/c1-2-5-14-10-8-16(15-11(10)12)9-4-3-6-13-7-9;/h1,3-4,6-8,14H,5H2;1H. The van der Waals surface area contributed by atoms with Crippen molar-refractivity contribution in [1.82, 2.24) is 14.8 Å². The topological polar surface area (TPSA) is 42.7 Å². The van der Waals surface area contributed by atoms with Crippen LogP contribution in [-0.4, -0.2) is 21.3 Å². The van der Waals surface area contributed by atoms with Gasteiger partial charge in [-0.15, -0.1) is 18.8 Å². The second-order valence-corrected chi connectivity index (χ2v) is 3.41. The molecule has 0 atom stereocenters. The van der Waals surface area contributed by atoms with Gasteiger partial charge in [0.15, 0.2) is 5.15 Å². The molecule has 0 amide bonds. The molecule has 17 heavy (non-hydrogen) atoms. The summed E-state index contributed by atoms with van der Waals surface area (Å²) in [6.45, 7) is 0.415. The number of hydrogen-bond donors (Lipinski definition) is 1. The number of nitrogens with zero attached hydrogens (tertiary/aromatic N) is 3. The molecule has 0 bridgehead atoms. The molecule has 0 aromatic carbocycles. The van der Waals surface area contributed by atoms with Crippen molar-refractivity contribution in [3.63, 3.8) is 0 Å². The van der Waals surface area contributed by atoms with Gasteiger partial charge in [0.2, 0.25) is 0 Å². The Labute approximate surface area is 110 Å². The quantitative estimate of drug-likeness (QED) is 0.870. The average Bonchev–Trinajstić information content (AvgIpc) is 2.69. The SMILES string of the molecule is C#CCNc1cn(-c2cccnc2)nc1Cl.Cl. The number of terminal acetylenes is 1. The van der Waals surface area contributed by atoms with Gasteiger partial charge in [-0.2, -0.15) is 5.10 Å². The van der Waals surface area contributed by atoms with Crippen LogP contribution in [0.3, 0.4) is 0 Å². The molecule has 0 fully saturated rings. The predicted octanol–water partition coefficient (Wildman–Crippen LogP) is 2.39. The number of anilines is 1. The lowest BCUT2D eigenvalue weighted by atomic mass is 10.4. The molecule has 0 unspecified atom stereocenters. The van der Waals surface area contributed by atoms with E-state index in [1.54, 1.807) is 23.3 Å². The Hall–Kier alpha value is -1.70. The van der Waals surface area contributed by atoms with Crippen molar-refractivity contribution < 1.29 is 0 Å². The van der Waals surface area contributed by atoms with E-state index < -0.39 is 0 Å². The summed E-state index contributed by atoms with van der Waals surface area (Å²) >= 11 is 5.95. The minimum Gasteiger partial charge on any atom is -0.370 e. The summed E-state index contributed by atoms with van der Waals surface area (Å²) in [4.78, 5) is 4.01. The maximum Gasteiger partial charge on any atom is 0.174 e. The van der Waals surface area contributed by atoms with Gasteiger partial charge in [-0.3, -0.25) is 4.98 Å². The molecular weight excluding hydrogens is 259 g/mol. The van der Waals surface area contributed by atoms with Gasteiger partial charge in [0.25, 0.3) is 0 Å². The lowest BCUT2D eigenvalue weighted by molar-refractivity contribution is 0.874. The molecule has 0 spiro atoms. The summed E-state index contributed by atoms with van der Waals surface area (Å²) in [5.74, 6) is 2.47. The van der Waals surface area contributed by atoms with E-state index in [1.807, 2.05) is 12.1 Å². The lowest BCUT2D eigenvalue weighted by Gasteiger charge is -1.98. The van der Waals surface area contributed by atoms with Crippen LogP contribution in [0.5, 0.6) is 0 Å². The van der Waals surface area contributed by atoms with Crippen LogP contribution in [-0.2, 0) is 0 Å². The first kappa shape index (κ1) is 13.4. The van der Waals surface area contributed by atoms with Crippen LogP contribution < -0.4 is 5.32 Å². The van der Waals surface area contributed by atoms with Crippen LogP contribution in [0.1, 0.15) is 0 Å². The maximum absolute atomic E-state index is 5.95. The van der Waals surface area contributed by atoms with Crippen molar-refractivity contribution >= 4 is 29.7 Å². The van der Waals surface area contributed by atoms with Crippen molar-refractivity contribution in [2.75, 3.05) is 11.9 Å². The molecule has 1 N–H and O–H groups in total. The van der Waals surface area contributed by atoms with Gasteiger partial charge in [-0.25, -0.2) is 4.68 Å². The molecule has 88 valence electrons. The van der Waals surface area contributed by atoms with E-state index in [4.69, 9.17) is 18.0 Å². The van der Waals surface area contributed by atoms with E-state index in [9.17, 15) is 0 Å². The average molecular weight is 269 g/mol. The van der Waals surface area contributed by atoms with Crippen molar-refractivity contribution in [2.45, 2.75) is 0 Å². The fourth-order valence-electron chi connectivity index (χ4n) is 1.24. The highest BCUT2D eigenvalue weighted by Crippen LogP contribution is 2.20. The normalized spacial score (nSPS) is 9.18. The molecule has 6 heteroatoms. The maximum atomic E-state index is 5.95. The summed E-state index contributed by atoms with van der Waals surface area (Å²) in [6.07, 6.45) is 10.3. The fourth-order valence-corrected chi connectivity index (χ4v) is 1.44. The van der Waals surface area contributed by atoms with Gasteiger partial charge < -0.3 is 5.32 Å². The number of pyridine rings is 1. The Morgan fingerprint density at radius 3 is 3.00 bits per heavy atom. The number of hydrogen-bond acceptors (Lipinski definition) is 3. The van der Waals surface area contributed by atoms with Crippen LogP contribution in [0.15, 0.2) is 30.7 Å². The first-order valence-electron chi connectivity index (χ1n) is 4.64. The van der Waals surface area contributed by atoms with E-state index in [1.165, 1.54) is 0 Å². The molecule has 0 aliphatic carbocycles. The Morgan fingerprint density at radius 1 is 1.53 bits per heavy atom. The Kier molecular flexibility index (Phi) is 4.83. The highest BCUT2D eigenvalue weighted by Gasteiger charge is 2.06. The zero-order valence-electron chi connectivity index (χ0n) is 8.80. The second-order valence-electron chi connectivity index (χ2n) is 3.05. The third kappa shape index (κ3) is 3.13. The second kappa shape index (κ2) is 6.14. The molecule has 2 aromatic heterocycles. The van der Waals surface area contributed by atoms with Crippen LogP contribution >= 0.6 is 24.0 Å². The molecular formula is C11H10Cl2N4. The molecule has 2 aromatic rings. The van der Waals surface area contributed by atoms with Crippen LogP contribution in [0.4, 0.5) is 5.69 Å². The Morgan fingerprint density at radius 2 is 2.35 bits per heavy atom. The van der Waals surface area contributed by atoms with E-state index in [0.717, 1.165) is 5.69 Å². The largest absolute Gasteiger partial charge is 0.370 e. The van der Waals surface area contributed by atoms with Gasteiger partial charge in [0.1, 0.15) is 0 Å². The number of halogens is 2. The van der Waals surface area contributed by atoms with Crippen LogP contribution in [0, 0.1) is 12.3 Å². The molecule has 0 radical (unpaired) electrons. The summed E-state index contributed by atoms with van der Waals surface area (Å²) in [6, 6.07) is 3.72. The molecule has 2 rings (SSSR count). The fraction of sp³-hybridized carbons (Fsp3) is 0.0909. The lowest BCUT2D eigenvalue weighted by Crippen LogP contribution is -1.97. The monoisotopic (exact) mass is 268 g/mol. The van der Waals surface area contributed by atoms with E-state index in [0.29, 0.717) is 17.4 Å².